The van der Waals surface area contributed by atoms with E-state index in [-0.39, 0.29) is 5.82 Å². The second kappa shape index (κ2) is 5.40. The largest absolute Gasteiger partial charge is 0.454 e. The Bertz CT molecular complexity index is 532. The minimum Gasteiger partial charge on any atom is -0.454 e. The third-order valence-corrected chi connectivity index (χ3v) is 3.23. The predicted molar refractivity (Wildman–Crippen MR) is 69.7 cm³/mol. The molecule has 100 valence electrons. The van der Waals surface area contributed by atoms with Gasteiger partial charge in [0.1, 0.15) is 11.6 Å². The quantitative estimate of drug-likeness (QED) is 0.919. The predicted octanol–water partition coefficient (Wildman–Crippen LogP) is 2.57. The number of halogens is 1. The van der Waals surface area contributed by atoms with Crippen LogP contribution in [0.2, 0.25) is 0 Å². The summed E-state index contributed by atoms with van der Waals surface area (Å²) in [4.78, 5) is 0. The van der Waals surface area contributed by atoms with E-state index in [0.29, 0.717) is 17.5 Å². The summed E-state index contributed by atoms with van der Waals surface area (Å²) in [6, 6.07) is 6.46. The zero-order valence-corrected chi connectivity index (χ0v) is 10.6. The van der Waals surface area contributed by atoms with Crippen LogP contribution in [-0.2, 0) is 6.54 Å². The summed E-state index contributed by atoms with van der Waals surface area (Å²) in [5.41, 5.74) is 0. The molecule has 4 nitrogen and oxygen atoms in total. The fourth-order valence-electron chi connectivity index (χ4n) is 2.27. The first-order chi connectivity index (χ1) is 9.29. The smallest absolute Gasteiger partial charge is 0.165 e. The molecule has 1 aliphatic heterocycles. The Balaban J connectivity index is 1.62. The van der Waals surface area contributed by atoms with E-state index in [2.05, 4.69) is 10.4 Å². The van der Waals surface area contributed by atoms with Crippen LogP contribution in [0.4, 0.5) is 4.39 Å². The molecule has 0 aliphatic carbocycles. The minimum absolute atomic E-state index is 0.268. The van der Waals surface area contributed by atoms with E-state index >= 15 is 0 Å². The SMILES string of the molecule is Fc1ccc(Oc2cnn(CC3CCCN3)c2)cc1. The first kappa shape index (κ1) is 12.2. The Kier molecular flexibility index (Phi) is 3.46. The molecule has 1 aromatic carbocycles. The van der Waals surface area contributed by atoms with Gasteiger partial charge < -0.3 is 10.1 Å². The van der Waals surface area contributed by atoms with Crippen LogP contribution in [0.3, 0.4) is 0 Å². The van der Waals surface area contributed by atoms with Crippen molar-refractivity contribution in [1.29, 1.82) is 0 Å². The maximum absolute atomic E-state index is 12.8. The third-order valence-electron chi connectivity index (χ3n) is 3.23. The fourth-order valence-corrected chi connectivity index (χ4v) is 2.27. The van der Waals surface area contributed by atoms with Gasteiger partial charge in [0.05, 0.1) is 18.9 Å². The molecule has 0 amide bonds. The van der Waals surface area contributed by atoms with Crippen molar-refractivity contribution in [3.63, 3.8) is 0 Å². The summed E-state index contributed by atoms with van der Waals surface area (Å²) in [6.45, 7) is 1.94. The third kappa shape index (κ3) is 3.12. The van der Waals surface area contributed by atoms with Gasteiger partial charge in [-0.05, 0) is 43.7 Å². The van der Waals surface area contributed by atoms with E-state index in [1.54, 1.807) is 18.3 Å². The lowest BCUT2D eigenvalue weighted by atomic mass is 10.2. The van der Waals surface area contributed by atoms with Crippen molar-refractivity contribution in [2.45, 2.75) is 25.4 Å². The molecule has 1 saturated heterocycles. The average Bonchev–Trinajstić information content (AvgIpc) is 3.05. The molecule has 1 aliphatic rings. The van der Waals surface area contributed by atoms with E-state index in [1.165, 1.54) is 25.0 Å². The highest BCUT2D eigenvalue weighted by Crippen LogP contribution is 2.21. The lowest BCUT2D eigenvalue weighted by molar-refractivity contribution is 0.464. The molecule has 1 fully saturated rings. The topological polar surface area (TPSA) is 39.1 Å². The molecule has 2 aromatic rings. The summed E-state index contributed by atoms with van der Waals surface area (Å²) in [7, 11) is 0. The highest BCUT2D eigenvalue weighted by molar-refractivity contribution is 5.28. The summed E-state index contributed by atoms with van der Waals surface area (Å²) in [5.74, 6) is 1.01. The van der Waals surface area contributed by atoms with E-state index in [4.69, 9.17) is 4.74 Å². The molecule has 2 heterocycles. The number of nitrogens with zero attached hydrogens (tertiary/aromatic N) is 2. The Morgan fingerprint density at radius 2 is 2.16 bits per heavy atom. The van der Waals surface area contributed by atoms with Crippen molar-refractivity contribution >= 4 is 0 Å². The summed E-state index contributed by atoms with van der Waals surface area (Å²) < 4.78 is 20.3. The molecule has 1 unspecified atom stereocenters. The lowest BCUT2D eigenvalue weighted by Gasteiger charge is -2.09. The van der Waals surface area contributed by atoms with E-state index in [0.717, 1.165) is 13.1 Å². The van der Waals surface area contributed by atoms with Crippen LogP contribution in [0.1, 0.15) is 12.8 Å². The number of benzene rings is 1. The molecule has 0 bridgehead atoms. The second-order valence-corrected chi connectivity index (χ2v) is 4.75. The maximum Gasteiger partial charge on any atom is 0.165 e. The highest BCUT2D eigenvalue weighted by atomic mass is 19.1. The maximum atomic E-state index is 12.8. The summed E-state index contributed by atoms with van der Waals surface area (Å²) in [6.07, 6.45) is 5.96. The van der Waals surface area contributed by atoms with E-state index < -0.39 is 0 Å². The highest BCUT2D eigenvalue weighted by Gasteiger charge is 2.15. The van der Waals surface area contributed by atoms with Gasteiger partial charge >= 0.3 is 0 Å². The number of nitrogens with one attached hydrogen (secondary N) is 1. The fraction of sp³-hybridized carbons (Fsp3) is 0.357. The monoisotopic (exact) mass is 261 g/mol. The molecule has 1 aromatic heterocycles. The molecule has 5 heteroatoms. The number of rotatable bonds is 4. The number of hydrogen-bond acceptors (Lipinski definition) is 3. The van der Waals surface area contributed by atoms with Crippen molar-refractivity contribution in [3.8, 4) is 11.5 Å². The number of ether oxygens (including phenoxy) is 1. The van der Waals surface area contributed by atoms with Crippen molar-refractivity contribution in [2.24, 2.45) is 0 Å². The normalized spacial score (nSPS) is 18.7. The first-order valence-electron chi connectivity index (χ1n) is 6.49. The second-order valence-electron chi connectivity index (χ2n) is 4.75. The molecular formula is C14H16FN3O. The van der Waals surface area contributed by atoms with Gasteiger partial charge in [0.2, 0.25) is 0 Å². The van der Waals surface area contributed by atoms with Crippen LogP contribution < -0.4 is 10.1 Å². The zero-order chi connectivity index (χ0) is 13.1. The van der Waals surface area contributed by atoms with Gasteiger partial charge in [-0.15, -0.1) is 0 Å². The van der Waals surface area contributed by atoms with Gasteiger partial charge in [-0.3, -0.25) is 4.68 Å². The molecule has 19 heavy (non-hydrogen) atoms. The van der Waals surface area contributed by atoms with Crippen molar-refractivity contribution < 1.29 is 9.13 Å². The number of hydrogen-bond donors (Lipinski definition) is 1. The summed E-state index contributed by atoms with van der Waals surface area (Å²) >= 11 is 0. The Labute approximate surface area is 111 Å². The molecule has 3 rings (SSSR count). The van der Waals surface area contributed by atoms with Crippen LogP contribution in [0.15, 0.2) is 36.7 Å². The van der Waals surface area contributed by atoms with Gasteiger partial charge in [0.15, 0.2) is 5.75 Å². The molecule has 0 radical (unpaired) electrons. The van der Waals surface area contributed by atoms with Gasteiger partial charge in [-0.1, -0.05) is 0 Å². The zero-order valence-electron chi connectivity index (χ0n) is 10.6. The molecular weight excluding hydrogens is 245 g/mol. The number of aromatic nitrogens is 2. The van der Waals surface area contributed by atoms with E-state index in [9.17, 15) is 4.39 Å². The van der Waals surface area contributed by atoms with E-state index in [1.807, 2.05) is 10.9 Å². The van der Waals surface area contributed by atoms with Crippen LogP contribution in [0.5, 0.6) is 11.5 Å². The Morgan fingerprint density at radius 1 is 1.32 bits per heavy atom. The van der Waals surface area contributed by atoms with Crippen molar-refractivity contribution in [1.82, 2.24) is 15.1 Å². The van der Waals surface area contributed by atoms with Crippen molar-refractivity contribution in [3.05, 3.63) is 42.5 Å². The van der Waals surface area contributed by atoms with Gasteiger partial charge in [-0.2, -0.15) is 5.10 Å². The molecule has 1 N–H and O–H groups in total. The first-order valence-corrected chi connectivity index (χ1v) is 6.49. The van der Waals surface area contributed by atoms with Crippen LogP contribution in [-0.4, -0.2) is 22.4 Å². The molecule has 0 saturated carbocycles. The molecule has 1 atom stereocenters. The van der Waals surface area contributed by atoms with Crippen molar-refractivity contribution in [2.75, 3.05) is 6.54 Å². The van der Waals surface area contributed by atoms with Gasteiger partial charge in [0, 0.05) is 6.04 Å². The Morgan fingerprint density at radius 3 is 2.89 bits per heavy atom. The minimum atomic E-state index is -0.268. The lowest BCUT2D eigenvalue weighted by Crippen LogP contribution is -2.26. The molecule has 0 spiro atoms. The van der Waals surface area contributed by atoms with Crippen LogP contribution in [0.25, 0.3) is 0 Å². The van der Waals surface area contributed by atoms with Gasteiger partial charge in [0.25, 0.3) is 0 Å². The van der Waals surface area contributed by atoms with Crippen LogP contribution >= 0.6 is 0 Å². The van der Waals surface area contributed by atoms with Crippen LogP contribution in [0, 0.1) is 5.82 Å². The average molecular weight is 261 g/mol. The standard InChI is InChI=1S/C14H16FN3O/c15-11-3-5-13(6-4-11)19-14-8-17-18(10-14)9-12-2-1-7-16-12/h3-6,8,10,12,16H,1-2,7,9H2. The van der Waals surface area contributed by atoms with Gasteiger partial charge in [-0.25, -0.2) is 4.39 Å². The summed E-state index contributed by atoms with van der Waals surface area (Å²) in [5, 5.41) is 7.70. The Hall–Kier alpha value is -1.88.